The van der Waals surface area contributed by atoms with Crippen LogP contribution in [0.2, 0.25) is 0 Å². The van der Waals surface area contributed by atoms with Gasteiger partial charge in [0.2, 0.25) is 0 Å². The SMILES string of the molecule is CCOC(CCc1cn([C@H]2CC[C@@H](C=O)C2)c2ncnc(N)c12)OCC. The van der Waals surface area contributed by atoms with E-state index >= 15 is 0 Å². The van der Waals surface area contributed by atoms with Gasteiger partial charge in [0.15, 0.2) is 6.29 Å². The van der Waals surface area contributed by atoms with Crippen LogP contribution in [0, 0.1) is 5.92 Å². The highest BCUT2D eigenvalue weighted by Gasteiger charge is 2.28. The predicted molar refractivity (Wildman–Crippen MR) is 99.7 cm³/mol. The zero-order valence-corrected chi connectivity index (χ0v) is 15.6. The highest BCUT2D eigenvalue weighted by Crippen LogP contribution is 2.37. The summed E-state index contributed by atoms with van der Waals surface area (Å²) in [4.78, 5) is 19.8. The molecule has 1 aliphatic carbocycles. The maximum Gasteiger partial charge on any atom is 0.157 e. The maximum absolute atomic E-state index is 11.1. The Balaban J connectivity index is 1.87. The number of aryl methyl sites for hydroxylation is 1. The van der Waals surface area contributed by atoms with E-state index < -0.39 is 0 Å². The van der Waals surface area contributed by atoms with Crippen molar-refractivity contribution >= 4 is 23.1 Å². The van der Waals surface area contributed by atoms with E-state index in [1.807, 2.05) is 13.8 Å². The van der Waals surface area contributed by atoms with Crippen molar-refractivity contribution in [2.45, 2.75) is 58.3 Å². The molecule has 26 heavy (non-hydrogen) atoms. The summed E-state index contributed by atoms with van der Waals surface area (Å²) in [6.45, 7) is 5.17. The molecule has 142 valence electrons. The number of ether oxygens (including phenoxy) is 2. The summed E-state index contributed by atoms with van der Waals surface area (Å²) in [5, 5.41) is 0.911. The summed E-state index contributed by atoms with van der Waals surface area (Å²) in [5.41, 5.74) is 8.13. The molecule has 2 N–H and O–H groups in total. The smallest absolute Gasteiger partial charge is 0.157 e. The Hall–Kier alpha value is -1.99. The van der Waals surface area contributed by atoms with Crippen molar-refractivity contribution < 1.29 is 14.3 Å². The molecule has 2 heterocycles. The van der Waals surface area contributed by atoms with Gasteiger partial charge in [-0.15, -0.1) is 0 Å². The van der Waals surface area contributed by atoms with Crippen LogP contribution in [0.3, 0.4) is 0 Å². The average Bonchev–Trinajstić information content (AvgIpc) is 3.25. The third kappa shape index (κ3) is 3.88. The first kappa shape index (κ1) is 18.8. The highest BCUT2D eigenvalue weighted by atomic mass is 16.7. The van der Waals surface area contributed by atoms with Crippen molar-refractivity contribution in [3.63, 3.8) is 0 Å². The summed E-state index contributed by atoms with van der Waals surface area (Å²) >= 11 is 0. The fourth-order valence-electron chi connectivity index (χ4n) is 3.88. The molecule has 2 aromatic heterocycles. The summed E-state index contributed by atoms with van der Waals surface area (Å²) in [7, 11) is 0. The van der Waals surface area contributed by atoms with Crippen LogP contribution in [0.5, 0.6) is 0 Å². The average molecular weight is 360 g/mol. The first-order valence-corrected chi connectivity index (χ1v) is 9.46. The molecular formula is C19H28N4O3. The Morgan fingerprint density at radius 3 is 2.73 bits per heavy atom. The standard InChI is InChI=1S/C19H28N4O3/c1-3-25-16(26-4-2)8-6-14-10-23(15-7-5-13(9-15)11-24)19-17(14)18(20)21-12-22-19/h10-13,15-16H,3-9H2,1-2H3,(H2,20,21,22)/t13-,15+/m1/s1. The first-order chi connectivity index (χ1) is 12.7. The molecule has 0 bridgehead atoms. The summed E-state index contributed by atoms with van der Waals surface area (Å²) in [5.74, 6) is 0.637. The quantitative estimate of drug-likeness (QED) is 0.546. The molecule has 0 saturated heterocycles. The number of anilines is 1. The Morgan fingerprint density at radius 1 is 1.31 bits per heavy atom. The number of nitrogens with zero attached hydrogens (tertiary/aromatic N) is 3. The van der Waals surface area contributed by atoms with Gasteiger partial charge in [-0.05, 0) is 45.1 Å². The number of nitrogen functional groups attached to an aromatic ring is 1. The van der Waals surface area contributed by atoms with Gasteiger partial charge in [0.05, 0.1) is 5.39 Å². The van der Waals surface area contributed by atoms with Crippen LogP contribution < -0.4 is 5.73 Å². The fraction of sp³-hybridized carbons (Fsp3) is 0.632. The van der Waals surface area contributed by atoms with E-state index in [-0.39, 0.29) is 18.2 Å². The Kier molecular flexibility index (Phi) is 6.21. The van der Waals surface area contributed by atoms with Crippen LogP contribution >= 0.6 is 0 Å². The molecule has 2 atom stereocenters. The van der Waals surface area contributed by atoms with Crippen molar-refractivity contribution in [3.05, 3.63) is 18.1 Å². The van der Waals surface area contributed by atoms with Gasteiger partial charge in [-0.3, -0.25) is 0 Å². The van der Waals surface area contributed by atoms with Crippen molar-refractivity contribution in [1.82, 2.24) is 14.5 Å². The number of carbonyl (C=O) groups excluding carboxylic acids is 1. The van der Waals surface area contributed by atoms with Crippen molar-refractivity contribution in [2.24, 2.45) is 5.92 Å². The first-order valence-electron chi connectivity index (χ1n) is 9.46. The highest BCUT2D eigenvalue weighted by molar-refractivity contribution is 5.89. The Labute approximate surface area is 153 Å². The summed E-state index contributed by atoms with van der Waals surface area (Å²) in [6.07, 6.45) is 8.78. The largest absolute Gasteiger partial charge is 0.383 e. The van der Waals surface area contributed by atoms with Crippen LogP contribution in [0.4, 0.5) is 5.82 Å². The fourth-order valence-corrected chi connectivity index (χ4v) is 3.88. The topological polar surface area (TPSA) is 92.3 Å². The lowest BCUT2D eigenvalue weighted by Gasteiger charge is -2.16. The minimum absolute atomic E-state index is 0.139. The molecule has 0 radical (unpaired) electrons. The van der Waals surface area contributed by atoms with E-state index in [0.717, 1.165) is 55.0 Å². The van der Waals surface area contributed by atoms with Crippen LogP contribution in [0.1, 0.15) is 51.1 Å². The second kappa shape index (κ2) is 8.60. The number of aldehydes is 1. The predicted octanol–water partition coefficient (Wildman–Crippen LogP) is 2.89. The lowest BCUT2D eigenvalue weighted by atomic mass is 10.1. The number of hydrogen-bond acceptors (Lipinski definition) is 6. The van der Waals surface area contributed by atoms with E-state index in [9.17, 15) is 4.79 Å². The number of rotatable bonds is 9. The van der Waals surface area contributed by atoms with E-state index in [1.165, 1.54) is 6.33 Å². The lowest BCUT2D eigenvalue weighted by Crippen LogP contribution is -2.18. The molecule has 7 heteroatoms. The minimum atomic E-state index is -0.222. The second-order valence-electron chi connectivity index (χ2n) is 6.76. The van der Waals surface area contributed by atoms with Crippen molar-refractivity contribution in [1.29, 1.82) is 0 Å². The van der Waals surface area contributed by atoms with Gasteiger partial charge in [-0.2, -0.15) is 0 Å². The van der Waals surface area contributed by atoms with Gasteiger partial charge >= 0.3 is 0 Å². The number of hydrogen-bond donors (Lipinski definition) is 1. The van der Waals surface area contributed by atoms with Gasteiger partial charge in [0.1, 0.15) is 24.1 Å². The van der Waals surface area contributed by atoms with Crippen LogP contribution in [0.25, 0.3) is 11.0 Å². The molecule has 7 nitrogen and oxygen atoms in total. The Morgan fingerprint density at radius 2 is 2.08 bits per heavy atom. The van der Waals surface area contributed by atoms with Crippen LogP contribution in [-0.4, -0.2) is 40.3 Å². The Bertz CT molecular complexity index is 740. The van der Waals surface area contributed by atoms with Gasteiger partial charge in [0.25, 0.3) is 0 Å². The van der Waals surface area contributed by atoms with E-state index in [4.69, 9.17) is 15.2 Å². The number of fused-ring (bicyclic) bond motifs is 1. The molecule has 0 spiro atoms. The van der Waals surface area contributed by atoms with E-state index in [0.29, 0.717) is 19.0 Å². The lowest BCUT2D eigenvalue weighted by molar-refractivity contribution is -0.139. The molecule has 3 rings (SSSR count). The number of carbonyl (C=O) groups is 1. The molecule has 0 unspecified atom stereocenters. The van der Waals surface area contributed by atoms with Crippen molar-refractivity contribution in [3.8, 4) is 0 Å². The number of nitrogens with two attached hydrogens (primary N) is 1. The zero-order chi connectivity index (χ0) is 18.5. The molecular weight excluding hydrogens is 332 g/mol. The van der Waals surface area contributed by atoms with E-state index in [2.05, 4.69) is 20.7 Å². The molecule has 1 aliphatic rings. The summed E-state index contributed by atoms with van der Waals surface area (Å²) in [6, 6.07) is 0.283. The van der Waals surface area contributed by atoms with Gasteiger partial charge in [-0.1, -0.05) is 0 Å². The maximum atomic E-state index is 11.1. The van der Waals surface area contributed by atoms with Gasteiger partial charge in [-0.25, -0.2) is 9.97 Å². The minimum Gasteiger partial charge on any atom is -0.383 e. The van der Waals surface area contributed by atoms with Crippen LogP contribution in [0.15, 0.2) is 12.5 Å². The number of aromatic nitrogens is 3. The van der Waals surface area contributed by atoms with Gasteiger partial charge < -0.3 is 24.6 Å². The zero-order valence-electron chi connectivity index (χ0n) is 15.6. The molecule has 2 aromatic rings. The third-order valence-electron chi connectivity index (χ3n) is 5.10. The summed E-state index contributed by atoms with van der Waals surface area (Å²) < 4.78 is 13.5. The van der Waals surface area contributed by atoms with Crippen molar-refractivity contribution in [2.75, 3.05) is 18.9 Å². The molecule has 1 fully saturated rings. The second-order valence-corrected chi connectivity index (χ2v) is 6.76. The molecule has 0 aromatic carbocycles. The van der Waals surface area contributed by atoms with Crippen LogP contribution in [-0.2, 0) is 20.7 Å². The third-order valence-corrected chi connectivity index (χ3v) is 5.10. The van der Waals surface area contributed by atoms with E-state index in [1.54, 1.807) is 0 Å². The molecule has 1 saturated carbocycles. The monoisotopic (exact) mass is 360 g/mol. The van der Waals surface area contributed by atoms with Gasteiger partial charge in [0, 0.05) is 37.8 Å². The molecule has 0 amide bonds. The molecule has 0 aliphatic heterocycles. The normalized spacial score (nSPS) is 20.3.